The van der Waals surface area contributed by atoms with Crippen molar-refractivity contribution in [2.45, 2.75) is 51.0 Å². The Morgan fingerprint density at radius 2 is 2.29 bits per heavy atom. The van der Waals surface area contributed by atoms with Crippen LogP contribution in [0.4, 0.5) is 0 Å². The molecule has 3 rings (SSSR count). The van der Waals surface area contributed by atoms with Crippen LogP contribution in [0.2, 0.25) is 0 Å². The molecule has 0 saturated heterocycles. The number of hydrogen-bond donors (Lipinski definition) is 1. The largest absolute Gasteiger partial charge is 0.328 e. The van der Waals surface area contributed by atoms with Crippen molar-refractivity contribution in [2.24, 2.45) is 23.5 Å². The van der Waals surface area contributed by atoms with E-state index in [0.29, 0.717) is 6.04 Å². The zero-order chi connectivity index (χ0) is 11.7. The lowest BCUT2D eigenvalue weighted by molar-refractivity contribution is 0.290. The standard InChI is InChI=1S/C15H23NS/c16-14(5-6-15-2-1-7-17-15)10-13-9-11-3-4-12(13)8-11/h1-2,7,11-14H,3-6,8-10,16H2. The van der Waals surface area contributed by atoms with Gasteiger partial charge in [-0.2, -0.15) is 0 Å². The second kappa shape index (κ2) is 5.11. The first-order valence-corrected chi connectivity index (χ1v) is 7.97. The maximum atomic E-state index is 6.31. The molecule has 17 heavy (non-hydrogen) atoms. The van der Waals surface area contributed by atoms with Crippen molar-refractivity contribution >= 4 is 11.3 Å². The summed E-state index contributed by atoms with van der Waals surface area (Å²) in [5.74, 6) is 3.06. The van der Waals surface area contributed by atoms with Crippen LogP contribution in [0.15, 0.2) is 17.5 Å². The molecule has 4 unspecified atom stereocenters. The van der Waals surface area contributed by atoms with Crippen molar-refractivity contribution in [2.75, 3.05) is 0 Å². The van der Waals surface area contributed by atoms with Crippen molar-refractivity contribution in [3.05, 3.63) is 22.4 Å². The quantitative estimate of drug-likeness (QED) is 0.843. The molecular formula is C15H23NS. The van der Waals surface area contributed by atoms with E-state index in [1.54, 1.807) is 0 Å². The number of hydrogen-bond acceptors (Lipinski definition) is 2. The molecule has 1 aromatic heterocycles. The molecule has 2 N–H and O–H groups in total. The van der Waals surface area contributed by atoms with Crippen molar-refractivity contribution in [3.63, 3.8) is 0 Å². The molecule has 0 amide bonds. The number of fused-ring (bicyclic) bond motifs is 2. The Morgan fingerprint density at radius 1 is 1.35 bits per heavy atom. The molecule has 2 aliphatic carbocycles. The van der Waals surface area contributed by atoms with Gasteiger partial charge in [-0.25, -0.2) is 0 Å². The monoisotopic (exact) mass is 249 g/mol. The maximum Gasteiger partial charge on any atom is 0.00458 e. The van der Waals surface area contributed by atoms with Gasteiger partial charge in [0, 0.05) is 10.9 Å². The SMILES string of the molecule is NC(CCc1cccs1)CC1CC2CCC1C2. The van der Waals surface area contributed by atoms with Gasteiger partial charge in [-0.3, -0.25) is 0 Å². The number of nitrogens with two attached hydrogens (primary N) is 1. The van der Waals surface area contributed by atoms with Crippen LogP contribution < -0.4 is 5.73 Å². The number of aryl methyl sites for hydroxylation is 1. The normalized spacial score (nSPS) is 33.1. The summed E-state index contributed by atoms with van der Waals surface area (Å²) in [6.45, 7) is 0. The zero-order valence-electron chi connectivity index (χ0n) is 10.5. The van der Waals surface area contributed by atoms with Gasteiger partial charge in [0.25, 0.3) is 0 Å². The van der Waals surface area contributed by atoms with Crippen LogP contribution in [0.25, 0.3) is 0 Å². The maximum absolute atomic E-state index is 6.31. The molecule has 0 aromatic carbocycles. The molecule has 2 heteroatoms. The van der Waals surface area contributed by atoms with E-state index < -0.39 is 0 Å². The van der Waals surface area contributed by atoms with Gasteiger partial charge in [0.15, 0.2) is 0 Å². The molecule has 2 fully saturated rings. The molecule has 0 aliphatic heterocycles. The Morgan fingerprint density at radius 3 is 2.94 bits per heavy atom. The summed E-state index contributed by atoms with van der Waals surface area (Å²) < 4.78 is 0. The lowest BCUT2D eigenvalue weighted by Crippen LogP contribution is -2.26. The van der Waals surface area contributed by atoms with Crippen LogP contribution in [-0.2, 0) is 6.42 Å². The van der Waals surface area contributed by atoms with Crippen molar-refractivity contribution < 1.29 is 0 Å². The first kappa shape index (κ1) is 11.7. The Bertz CT molecular complexity index is 346. The minimum absolute atomic E-state index is 0.432. The highest BCUT2D eigenvalue weighted by atomic mass is 32.1. The third kappa shape index (κ3) is 2.74. The smallest absolute Gasteiger partial charge is 0.00458 e. The molecule has 0 spiro atoms. The molecule has 0 radical (unpaired) electrons. The van der Waals surface area contributed by atoms with E-state index in [1.807, 2.05) is 11.3 Å². The summed E-state index contributed by atoms with van der Waals surface area (Å²) in [5, 5.41) is 2.16. The summed E-state index contributed by atoms with van der Waals surface area (Å²) >= 11 is 1.86. The van der Waals surface area contributed by atoms with E-state index in [2.05, 4.69) is 17.5 Å². The van der Waals surface area contributed by atoms with E-state index in [4.69, 9.17) is 5.73 Å². The van der Waals surface area contributed by atoms with E-state index in [-0.39, 0.29) is 0 Å². The zero-order valence-corrected chi connectivity index (χ0v) is 11.3. The van der Waals surface area contributed by atoms with Gasteiger partial charge in [-0.15, -0.1) is 11.3 Å². The highest BCUT2D eigenvalue weighted by Gasteiger charge is 2.39. The minimum Gasteiger partial charge on any atom is -0.328 e. The van der Waals surface area contributed by atoms with Crippen LogP contribution in [0, 0.1) is 17.8 Å². The highest BCUT2D eigenvalue weighted by molar-refractivity contribution is 7.09. The fraction of sp³-hybridized carbons (Fsp3) is 0.733. The predicted octanol–water partition coefficient (Wildman–Crippen LogP) is 3.83. The molecule has 2 bridgehead atoms. The van der Waals surface area contributed by atoms with Gasteiger partial charge >= 0.3 is 0 Å². The van der Waals surface area contributed by atoms with Crippen LogP contribution in [0.1, 0.15) is 43.4 Å². The molecule has 2 saturated carbocycles. The van der Waals surface area contributed by atoms with Gasteiger partial charge in [0.2, 0.25) is 0 Å². The molecule has 1 aromatic rings. The Labute approximate surface area is 108 Å². The molecular weight excluding hydrogens is 226 g/mol. The van der Waals surface area contributed by atoms with Crippen LogP contribution >= 0.6 is 11.3 Å². The fourth-order valence-corrected chi connectivity index (χ4v) is 4.68. The van der Waals surface area contributed by atoms with Gasteiger partial charge in [-0.1, -0.05) is 12.5 Å². The van der Waals surface area contributed by atoms with Crippen LogP contribution in [-0.4, -0.2) is 6.04 Å². The molecule has 94 valence electrons. The second-order valence-corrected chi connectivity index (χ2v) is 7.08. The molecule has 1 heterocycles. The summed E-state index contributed by atoms with van der Waals surface area (Å²) in [4.78, 5) is 1.49. The minimum atomic E-state index is 0.432. The lowest BCUT2D eigenvalue weighted by atomic mass is 9.83. The van der Waals surface area contributed by atoms with Crippen molar-refractivity contribution in [3.8, 4) is 0 Å². The van der Waals surface area contributed by atoms with Crippen LogP contribution in [0.3, 0.4) is 0 Å². The van der Waals surface area contributed by atoms with Crippen molar-refractivity contribution in [1.29, 1.82) is 0 Å². The van der Waals surface area contributed by atoms with Gasteiger partial charge in [0.05, 0.1) is 0 Å². The van der Waals surface area contributed by atoms with Gasteiger partial charge in [0.1, 0.15) is 0 Å². The van der Waals surface area contributed by atoms with Gasteiger partial charge in [-0.05, 0) is 67.7 Å². The average molecular weight is 249 g/mol. The van der Waals surface area contributed by atoms with E-state index in [0.717, 1.165) is 17.8 Å². The third-order valence-corrected chi connectivity index (χ3v) is 5.77. The Kier molecular flexibility index (Phi) is 3.53. The molecule has 2 aliphatic rings. The van der Waals surface area contributed by atoms with E-state index >= 15 is 0 Å². The summed E-state index contributed by atoms with van der Waals surface area (Å²) in [7, 11) is 0. The summed E-state index contributed by atoms with van der Waals surface area (Å²) in [6.07, 6.45) is 9.64. The van der Waals surface area contributed by atoms with Crippen LogP contribution in [0.5, 0.6) is 0 Å². The first-order chi connectivity index (χ1) is 8.31. The third-order valence-electron chi connectivity index (χ3n) is 4.83. The van der Waals surface area contributed by atoms with E-state index in [9.17, 15) is 0 Å². The molecule has 4 atom stereocenters. The first-order valence-electron chi connectivity index (χ1n) is 7.09. The topological polar surface area (TPSA) is 26.0 Å². The summed E-state index contributed by atoms with van der Waals surface area (Å²) in [5.41, 5.74) is 6.31. The average Bonchev–Trinajstić information content (AvgIpc) is 3.03. The van der Waals surface area contributed by atoms with Gasteiger partial charge < -0.3 is 5.73 Å². The molecule has 1 nitrogen and oxygen atoms in total. The second-order valence-electron chi connectivity index (χ2n) is 6.05. The number of rotatable bonds is 5. The Balaban J connectivity index is 1.43. The highest BCUT2D eigenvalue weighted by Crippen LogP contribution is 2.49. The summed E-state index contributed by atoms with van der Waals surface area (Å²) in [6, 6.07) is 4.80. The Hall–Kier alpha value is -0.340. The van der Waals surface area contributed by atoms with Crippen molar-refractivity contribution in [1.82, 2.24) is 0 Å². The number of thiophene rings is 1. The lowest BCUT2D eigenvalue weighted by Gasteiger charge is -2.24. The van der Waals surface area contributed by atoms with E-state index in [1.165, 1.54) is 49.8 Å². The predicted molar refractivity (Wildman–Crippen MR) is 74.2 cm³/mol. The fourth-order valence-electron chi connectivity index (χ4n) is 3.95.